The molecule has 0 amide bonds. The first-order valence-corrected chi connectivity index (χ1v) is 14.1. The van der Waals surface area contributed by atoms with Crippen LogP contribution < -0.4 is 5.32 Å². The summed E-state index contributed by atoms with van der Waals surface area (Å²) in [6, 6.07) is 18.7. The molecule has 0 radical (unpaired) electrons. The molecule has 5 aromatic rings. The average molecular weight is 587 g/mol. The Labute approximate surface area is 245 Å². The van der Waals surface area contributed by atoms with Crippen LogP contribution in [-0.4, -0.2) is 41.6 Å². The average Bonchev–Trinajstić information content (AvgIpc) is 3.31. The SMILES string of the molecule is CC(Nc1nc(C(=O)O)nc2nc(-c3cc(Cc4ccccc4)ccn3)n(Cc3ccc(C(F)(F)F)cc3)c12)C1CCC1. The molecule has 8 nitrogen and oxygen atoms in total. The molecule has 2 N–H and O–H groups in total. The van der Waals surface area contributed by atoms with E-state index in [1.54, 1.807) is 10.8 Å². The van der Waals surface area contributed by atoms with E-state index in [1.165, 1.54) is 12.1 Å². The van der Waals surface area contributed by atoms with Crippen LogP contribution in [0.1, 0.15) is 59.1 Å². The monoisotopic (exact) mass is 586 g/mol. The molecular formula is C32H29F3N6O2. The summed E-state index contributed by atoms with van der Waals surface area (Å²) in [5.74, 6) is -0.551. The maximum atomic E-state index is 13.3. The minimum atomic E-state index is -4.45. The number of anilines is 1. The van der Waals surface area contributed by atoms with Gasteiger partial charge in [-0.25, -0.2) is 19.7 Å². The summed E-state index contributed by atoms with van der Waals surface area (Å²) in [7, 11) is 0. The Bertz CT molecular complexity index is 1770. The number of carboxylic acid groups (broad SMARTS) is 1. The second-order valence-corrected chi connectivity index (χ2v) is 10.9. The van der Waals surface area contributed by atoms with Crippen molar-refractivity contribution in [2.45, 2.75) is 51.4 Å². The van der Waals surface area contributed by atoms with Crippen LogP contribution in [0.4, 0.5) is 19.0 Å². The van der Waals surface area contributed by atoms with Crippen LogP contribution in [0.3, 0.4) is 0 Å². The number of hydrogen-bond donors (Lipinski definition) is 2. The normalized spacial score (nSPS) is 14.4. The number of imidazole rings is 1. The molecule has 1 saturated carbocycles. The summed E-state index contributed by atoms with van der Waals surface area (Å²) in [6.45, 7) is 2.17. The fourth-order valence-corrected chi connectivity index (χ4v) is 5.37. The van der Waals surface area contributed by atoms with E-state index in [4.69, 9.17) is 4.98 Å². The molecule has 0 saturated heterocycles. The lowest BCUT2D eigenvalue weighted by atomic mass is 9.80. The van der Waals surface area contributed by atoms with Gasteiger partial charge in [-0.05, 0) is 73.1 Å². The van der Waals surface area contributed by atoms with E-state index in [9.17, 15) is 23.1 Å². The van der Waals surface area contributed by atoms with Crippen molar-refractivity contribution in [3.8, 4) is 11.5 Å². The van der Waals surface area contributed by atoms with Gasteiger partial charge in [0.1, 0.15) is 11.2 Å². The van der Waals surface area contributed by atoms with Crippen molar-refractivity contribution in [2.24, 2.45) is 5.92 Å². The largest absolute Gasteiger partial charge is 0.475 e. The molecule has 1 unspecified atom stereocenters. The Hall–Kier alpha value is -4.80. The second-order valence-electron chi connectivity index (χ2n) is 10.9. The van der Waals surface area contributed by atoms with Crippen molar-refractivity contribution in [3.63, 3.8) is 0 Å². The molecule has 1 atom stereocenters. The topological polar surface area (TPSA) is 106 Å². The molecule has 43 heavy (non-hydrogen) atoms. The number of aromatic nitrogens is 5. The van der Waals surface area contributed by atoms with Crippen LogP contribution in [0, 0.1) is 5.92 Å². The van der Waals surface area contributed by atoms with E-state index < -0.39 is 23.5 Å². The van der Waals surface area contributed by atoms with E-state index in [1.807, 2.05) is 49.4 Å². The van der Waals surface area contributed by atoms with Crippen LogP contribution in [0.2, 0.25) is 0 Å². The van der Waals surface area contributed by atoms with Gasteiger partial charge in [0, 0.05) is 18.8 Å². The Morgan fingerprint density at radius 1 is 1.00 bits per heavy atom. The number of hydrogen-bond acceptors (Lipinski definition) is 6. The number of benzene rings is 2. The lowest BCUT2D eigenvalue weighted by molar-refractivity contribution is -0.137. The molecule has 220 valence electrons. The van der Waals surface area contributed by atoms with Gasteiger partial charge in [-0.1, -0.05) is 48.9 Å². The zero-order valence-electron chi connectivity index (χ0n) is 23.3. The maximum Gasteiger partial charge on any atom is 0.416 e. The van der Waals surface area contributed by atoms with Crippen molar-refractivity contribution in [1.82, 2.24) is 24.5 Å². The number of nitrogens with one attached hydrogen (secondary N) is 1. The smallest absolute Gasteiger partial charge is 0.416 e. The van der Waals surface area contributed by atoms with Crippen LogP contribution in [0.25, 0.3) is 22.7 Å². The zero-order valence-corrected chi connectivity index (χ0v) is 23.3. The predicted octanol–water partition coefficient (Wildman–Crippen LogP) is 6.84. The lowest BCUT2D eigenvalue weighted by Gasteiger charge is -2.32. The molecular weight excluding hydrogens is 557 g/mol. The van der Waals surface area contributed by atoms with E-state index in [0.717, 1.165) is 42.5 Å². The first-order valence-electron chi connectivity index (χ1n) is 14.1. The third kappa shape index (κ3) is 6.06. The molecule has 2 aromatic carbocycles. The summed E-state index contributed by atoms with van der Waals surface area (Å²) in [4.78, 5) is 29.9. The first-order chi connectivity index (χ1) is 20.7. The predicted molar refractivity (Wildman–Crippen MR) is 156 cm³/mol. The minimum absolute atomic E-state index is 0.0127. The maximum absolute atomic E-state index is 13.3. The molecule has 1 aliphatic rings. The first kappa shape index (κ1) is 28.3. The highest BCUT2D eigenvalue weighted by atomic mass is 19.4. The van der Waals surface area contributed by atoms with E-state index in [2.05, 4.69) is 20.3 Å². The van der Waals surface area contributed by atoms with E-state index >= 15 is 0 Å². The van der Waals surface area contributed by atoms with Crippen LogP contribution >= 0.6 is 0 Å². The van der Waals surface area contributed by atoms with Gasteiger partial charge >= 0.3 is 12.1 Å². The highest BCUT2D eigenvalue weighted by Gasteiger charge is 2.31. The molecule has 0 bridgehead atoms. The third-order valence-corrected chi connectivity index (χ3v) is 7.94. The van der Waals surface area contributed by atoms with Gasteiger partial charge in [0.2, 0.25) is 5.82 Å². The van der Waals surface area contributed by atoms with E-state index in [-0.39, 0.29) is 18.2 Å². The molecule has 6 rings (SSSR count). The fraction of sp³-hybridized carbons (Fsp3) is 0.281. The van der Waals surface area contributed by atoms with Gasteiger partial charge < -0.3 is 15.0 Å². The molecule has 3 heterocycles. The second kappa shape index (κ2) is 11.5. The molecule has 11 heteroatoms. The van der Waals surface area contributed by atoms with Crippen LogP contribution in [0.15, 0.2) is 72.9 Å². The number of aromatic carboxylic acids is 1. The Balaban J connectivity index is 1.49. The number of carboxylic acids is 1. The van der Waals surface area contributed by atoms with E-state index in [0.29, 0.717) is 40.8 Å². The van der Waals surface area contributed by atoms with Crippen LogP contribution in [-0.2, 0) is 19.1 Å². The number of pyridine rings is 1. The van der Waals surface area contributed by atoms with Crippen molar-refractivity contribution in [1.29, 1.82) is 0 Å². The lowest BCUT2D eigenvalue weighted by Crippen LogP contribution is -2.31. The van der Waals surface area contributed by atoms with Crippen molar-refractivity contribution < 1.29 is 23.1 Å². The Morgan fingerprint density at radius 3 is 2.40 bits per heavy atom. The number of fused-ring (bicyclic) bond motifs is 1. The van der Waals surface area contributed by atoms with Gasteiger partial charge in [-0.2, -0.15) is 13.2 Å². The number of alkyl halides is 3. The molecule has 1 fully saturated rings. The van der Waals surface area contributed by atoms with Gasteiger partial charge in [-0.15, -0.1) is 0 Å². The zero-order chi connectivity index (χ0) is 30.1. The van der Waals surface area contributed by atoms with Gasteiger partial charge in [0.05, 0.1) is 5.56 Å². The number of rotatable bonds is 9. The summed E-state index contributed by atoms with van der Waals surface area (Å²) < 4.78 is 41.6. The summed E-state index contributed by atoms with van der Waals surface area (Å²) in [5.41, 5.74) is 3.09. The summed E-state index contributed by atoms with van der Waals surface area (Å²) >= 11 is 0. The van der Waals surface area contributed by atoms with Gasteiger partial charge in [0.25, 0.3) is 0 Å². The van der Waals surface area contributed by atoms with Crippen molar-refractivity contribution >= 4 is 23.0 Å². The quantitative estimate of drug-likeness (QED) is 0.195. The van der Waals surface area contributed by atoms with Crippen LogP contribution in [0.5, 0.6) is 0 Å². The molecule has 3 aromatic heterocycles. The fourth-order valence-electron chi connectivity index (χ4n) is 5.37. The molecule has 0 spiro atoms. The Morgan fingerprint density at radius 2 is 1.74 bits per heavy atom. The van der Waals surface area contributed by atoms with Crippen molar-refractivity contribution in [2.75, 3.05) is 5.32 Å². The molecule has 0 aliphatic heterocycles. The third-order valence-electron chi connectivity index (χ3n) is 7.94. The highest BCUT2D eigenvalue weighted by molar-refractivity contribution is 5.92. The highest BCUT2D eigenvalue weighted by Crippen LogP contribution is 2.34. The summed E-state index contributed by atoms with van der Waals surface area (Å²) in [5, 5.41) is 13.2. The molecule has 1 aliphatic carbocycles. The summed E-state index contributed by atoms with van der Waals surface area (Å²) in [6.07, 6.45) is 1.14. The standard InChI is InChI=1S/C32H29F3N6O2/c1-19(23-8-5-9-23)37-27-26-28(39-29(38-27)31(42)43)40-30(41(26)18-21-10-12-24(13-11-21)32(33,34)35)25-17-22(14-15-36-25)16-20-6-3-2-4-7-20/h2-4,6-7,10-15,17,19,23H,5,8-9,16,18H2,1H3,(H,42,43)(H,37,38,39). The number of halogens is 3. The van der Waals surface area contributed by atoms with Gasteiger partial charge in [0.15, 0.2) is 17.3 Å². The minimum Gasteiger partial charge on any atom is -0.475 e. The van der Waals surface area contributed by atoms with Crippen molar-refractivity contribution in [3.05, 3.63) is 101 Å². The Kier molecular flexibility index (Phi) is 7.55. The van der Waals surface area contributed by atoms with Gasteiger partial charge in [-0.3, -0.25) is 4.98 Å². The number of carbonyl (C=O) groups is 1. The number of nitrogens with zero attached hydrogens (tertiary/aromatic N) is 5.